The Morgan fingerprint density at radius 3 is 2.56 bits per heavy atom. The molecule has 0 aliphatic carbocycles. The van der Waals surface area contributed by atoms with Crippen molar-refractivity contribution >= 4 is 0 Å². The van der Waals surface area contributed by atoms with Gasteiger partial charge in [0.15, 0.2) is 0 Å². The topological polar surface area (TPSA) is 12.0 Å². The van der Waals surface area contributed by atoms with Crippen molar-refractivity contribution in [2.75, 3.05) is 13.1 Å². The average molecular weight is 135 g/mol. The molecule has 1 aliphatic rings. The van der Waals surface area contributed by atoms with Crippen molar-refractivity contribution in [3.63, 3.8) is 0 Å². The lowest BCUT2D eigenvalue weighted by Gasteiger charge is -2.28. The van der Waals surface area contributed by atoms with E-state index in [1.807, 2.05) is 0 Å². The molecule has 1 rings (SSSR count). The molecule has 0 aromatic rings. The molecule has 0 unspecified atom stereocenters. The molecule has 0 aromatic carbocycles. The Kier molecular flexibility index (Phi) is 1.70. The smallest absolute Gasteiger partial charge is 0.262 e. The van der Waals surface area contributed by atoms with E-state index in [9.17, 15) is 8.78 Å². The maximum atomic E-state index is 12.5. The maximum Gasteiger partial charge on any atom is 0.262 e. The molecule has 1 nitrogen and oxygen atoms in total. The number of hydrogen-bond acceptors (Lipinski definition) is 1. The molecular formula is C6H11F2N. The lowest BCUT2D eigenvalue weighted by Crippen LogP contribution is -2.44. The first-order valence-corrected chi connectivity index (χ1v) is 3.21. The van der Waals surface area contributed by atoms with Gasteiger partial charge in [0, 0.05) is 5.92 Å². The minimum absolute atomic E-state index is 0.145. The molecule has 1 N–H and O–H groups in total. The highest BCUT2D eigenvalue weighted by Gasteiger charge is 2.37. The summed E-state index contributed by atoms with van der Waals surface area (Å²) in [5.41, 5.74) is 0. The first-order valence-electron chi connectivity index (χ1n) is 3.21. The zero-order valence-electron chi connectivity index (χ0n) is 5.45. The molecule has 1 saturated heterocycles. The fourth-order valence-electron chi connectivity index (χ4n) is 0.959. The van der Waals surface area contributed by atoms with Gasteiger partial charge in [-0.15, -0.1) is 0 Å². The Balaban J connectivity index is 2.49. The highest BCUT2D eigenvalue weighted by Crippen LogP contribution is 2.28. The Morgan fingerprint density at radius 1 is 1.56 bits per heavy atom. The van der Waals surface area contributed by atoms with Gasteiger partial charge in [0.2, 0.25) is 0 Å². The van der Waals surface area contributed by atoms with E-state index in [-0.39, 0.29) is 6.54 Å². The van der Waals surface area contributed by atoms with Gasteiger partial charge in [-0.3, -0.25) is 0 Å². The van der Waals surface area contributed by atoms with Crippen molar-refractivity contribution in [2.24, 2.45) is 5.92 Å². The predicted octanol–water partition coefficient (Wildman–Crippen LogP) is 1.25. The third-order valence-corrected chi connectivity index (χ3v) is 1.84. The number of hydrogen-bond donors (Lipinski definition) is 1. The van der Waals surface area contributed by atoms with Gasteiger partial charge < -0.3 is 5.32 Å². The van der Waals surface area contributed by atoms with E-state index in [1.165, 1.54) is 0 Å². The molecule has 0 saturated carbocycles. The number of rotatable bonds is 0. The van der Waals surface area contributed by atoms with Crippen LogP contribution in [0.2, 0.25) is 0 Å². The van der Waals surface area contributed by atoms with Gasteiger partial charge in [-0.05, 0) is 13.0 Å². The van der Waals surface area contributed by atoms with Crippen LogP contribution in [0.4, 0.5) is 8.78 Å². The van der Waals surface area contributed by atoms with E-state index < -0.39 is 11.8 Å². The summed E-state index contributed by atoms with van der Waals surface area (Å²) in [4.78, 5) is 0. The van der Waals surface area contributed by atoms with Crippen molar-refractivity contribution in [3.05, 3.63) is 0 Å². The van der Waals surface area contributed by atoms with Crippen LogP contribution in [0.25, 0.3) is 0 Å². The zero-order valence-corrected chi connectivity index (χ0v) is 5.45. The standard InChI is InChI=1S/C6H11F2N/c1-5-2-3-9-4-6(5,7)8/h5,9H,2-4H2,1H3/t5-/m1/s1. The monoisotopic (exact) mass is 135 g/mol. The Bertz CT molecular complexity index is 103. The van der Waals surface area contributed by atoms with Gasteiger partial charge >= 0.3 is 0 Å². The van der Waals surface area contributed by atoms with Crippen LogP contribution in [-0.2, 0) is 0 Å². The van der Waals surface area contributed by atoms with E-state index >= 15 is 0 Å². The Hall–Kier alpha value is -0.180. The molecule has 0 aromatic heterocycles. The fraction of sp³-hybridized carbons (Fsp3) is 1.00. The number of halogens is 2. The van der Waals surface area contributed by atoms with Crippen LogP contribution in [0.15, 0.2) is 0 Å². The molecule has 1 heterocycles. The third-order valence-electron chi connectivity index (χ3n) is 1.84. The van der Waals surface area contributed by atoms with E-state index in [0.29, 0.717) is 6.42 Å². The Labute approximate surface area is 53.4 Å². The summed E-state index contributed by atoms with van der Waals surface area (Å²) < 4.78 is 25.1. The maximum absolute atomic E-state index is 12.5. The van der Waals surface area contributed by atoms with Crippen LogP contribution in [-0.4, -0.2) is 19.0 Å². The van der Waals surface area contributed by atoms with E-state index in [0.717, 1.165) is 6.54 Å². The van der Waals surface area contributed by atoms with Crippen LogP contribution in [0.3, 0.4) is 0 Å². The van der Waals surface area contributed by atoms with Gasteiger partial charge in [-0.25, -0.2) is 8.78 Å². The number of nitrogens with one attached hydrogen (secondary N) is 1. The van der Waals surface area contributed by atoms with E-state index in [1.54, 1.807) is 6.92 Å². The van der Waals surface area contributed by atoms with Crippen LogP contribution >= 0.6 is 0 Å². The fourth-order valence-corrected chi connectivity index (χ4v) is 0.959. The summed E-state index contributed by atoms with van der Waals surface area (Å²) in [5, 5.41) is 2.66. The average Bonchev–Trinajstić information content (AvgIpc) is 1.77. The van der Waals surface area contributed by atoms with Crippen LogP contribution in [0, 0.1) is 5.92 Å². The number of piperidine rings is 1. The molecule has 3 heteroatoms. The van der Waals surface area contributed by atoms with Crippen molar-refractivity contribution in [1.82, 2.24) is 5.32 Å². The molecular weight excluding hydrogens is 124 g/mol. The molecule has 0 radical (unpaired) electrons. The second-order valence-electron chi connectivity index (χ2n) is 2.63. The van der Waals surface area contributed by atoms with Gasteiger partial charge in [0.25, 0.3) is 5.92 Å². The lowest BCUT2D eigenvalue weighted by molar-refractivity contribution is -0.0658. The largest absolute Gasteiger partial charge is 0.311 e. The van der Waals surface area contributed by atoms with Crippen molar-refractivity contribution in [3.8, 4) is 0 Å². The molecule has 0 amide bonds. The summed E-state index contributed by atoms with van der Waals surface area (Å²) in [5.74, 6) is -2.92. The quantitative estimate of drug-likeness (QED) is 0.527. The van der Waals surface area contributed by atoms with Crippen LogP contribution in [0.5, 0.6) is 0 Å². The molecule has 0 bridgehead atoms. The molecule has 54 valence electrons. The van der Waals surface area contributed by atoms with Gasteiger partial charge in [-0.2, -0.15) is 0 Å². The van der Waals surface area contributed by atoms with Crippen molar-refractivity contribution < 1.29 is 8.78 Å². The minimum atomic E-state index is -2.47. The first-order chi connectivity index (χ1) is 4.13. The highest BCUT2D eigenvalue weighted by molar-refractivity contribution is 4.81. The molecule has 1 atom stereocenters. The third kappa shape index (κ3) is 1.39. The predicted molar refractivity (Wildman–Crippen MR) is 31.6 cm³/mol. The normalized spacial score (nSPS) is 34.3. The van der Waals surface area contributed by atoms with Crippen LogP contribution in [0.1, 0.15) is 13.3 Å². The minimum Gasteiger partial charge on any atom is -0.311 e. The summed E-state index contributed by atoms with van der Waals surface area (Å²) in [6.45, 7) is 2.19. The summed E-state index contributed by atoms with van der Waals surface area (Å²) in [6, 6.07) is 0. The number of alkyl halides is 2. The first kappa shape index (κ1) is 6.93. The molecule has 1 aliphatic heterocycles. The second kappa shape index (κ2) is 2.21. The summed E-state index contributed by atoms with van der Waals surface area (Å²) in [7, 11) is 0. The highest BCUT2D eigenvalue weighted by atomic mass is 19.3. The van der Waals surface area contributed by atoms with Gasteiger partial charge in [0.1, 0.15) is 0 Å². The summed E-state index contributed by atoms with van der Waals surface area (Å²) in [6.07, 6.45) is 0.590. The summed E-state index contributed by atoms with van der Waals surface area (Å²) >= 11 is 0. The Morgan fingerprint density at radius 2 is 2.22 bits per heavy atom. The van der Waals surface area contributed by atoms with E-state index in [2.05, 4.69) is 5.32 Å². The van der Waals surface area contributed by atoms with E-state index in [4.69, 9.17) is 0 Å². The zero-order chi connectivity index (χ0) is 6.91. The SMILES string of the molecule is C[C@@H]1CCNCC1(F)F. The molecule has 9 heavy (non-hydrogen) atoms. The van der Waals surface area contributed by atoms with Gasteiger partial charge in [-0.1, -0.05) is 6.92 Å². The molecule has 0 spiro atoms. The second-order valence-corrected chi connectivity index (χ2v) is 2.63. The van der Waals surface area contributed by atoms with Gasteiger partial charge in [0.05, 0.1) is 6.54 Å². The van der Waals surface area contributed by atoms with Crippen LogP contribution < -0.4 is 5.32 Å². The van der Waals surface area contributed by atoms with Crippen molar-refractivity contribution in [2.45, 2.75) is 19.3 Å². The lowest BCUT2D eigenvalue weighted by atomic mass is 9.97. The van der Waals surface area contributed by atoms with Crippen molar-refractivity contribution in [1.29, 1.82) is 0 Å². The molecule has 1 fully saturated rings.